The second-order valence-electron chi connectivity index (χ2n) is 6.06. The van der Waals surface area contributed by atoms with Gasteiger partial charge in [-0.15, -0.1) is 0 Å². The number of carbonyl (C=O) groups is 1. The summed E-state index contributed by atoms with van der Waals surface area (Å²) in [5.74, 6) is 1.42. The number of nitrogens with one attached hydrogen (secondary N) is 1. The van der Waals surface area contributed by atoms with Crippen LogP contribution in [0.15, 0.2) is 16.7 Å². The van der Waals surface area contributed by atoms with Gasteiger partial charge in [-0.3, -0.25) is 4.79 Å². The quantitative estimate of drug-likeness (QED) is 0.812. The normalized spacial score (nSPS) is 19.0. The van der Waals surface area contributed by atoms with Crippen molar-refractivity contribution in [3.63, 3.8) is 0 Å². The van der Waals surface area contributed by atoms with Gasteiger partial charge in [-0.05, 0) is 18.5 Å². The van der Waals surface area contributed by atoms with Crippen LogP contribution in [-0.4, -0.2) is 47.9 Å². The van der Waals surface area contributed by atoms with Crippen molar-refractivity contribution in [3.05, 3.63) is 23.6 Å². The molecule has 1 fully saturated rings. The number of aromatic nitrogens is 3. The van der Waals surface area contributed by atoms with E-state index in [2.05, 4.69) is 15.6 Å². The van der Waals surface area contributed by atoms with Crippen LogP contribution < -0.4 is 10.1 Å². The first-order valence-corrected chi connectivity index (χ1v) is 9.74. The Balaban J connectivity index is 1.63. The van der Waals surface area contributed by atoms with E-state index in [-0.39, 0.29) is 29.9 Å². The molecular formula is C15H20N4O5S. The molecule has 0 aliphatic carbocycles. The van der Waals surface area contributed by atoms with Crippen LogP contribution in [0.1, 0.15) is 30.3 Å². The van der Waals surface area contributed by atoms with E-state index in [0.717, 1.165) is 5.69 Å². The fourth-order valence-corrected chi connectivity index (χ4v) is 4.50. The predicted octanol–water partition coefficient (Wildman–Crippen LogP) is 1.12. The highest BCUT2D eigenvalue weighted by molar-refractivity contribution is 7.91. The van der Waals surface area contributed by atoms with E-state index in [1.165, 1.54) is 7.11 Å². The lowest BCUT2D eigenvalue weighted by Crippen LogP contribution is -2.19. The predicted molar refractivity (Wildman–Crippen MR) is 89.3 cm³/mol. The first-order valence-electron chi connectivity index (χ1n) is 7.92. The standard InChI is InChI=1S/C15H20N4O5S/c1-10-7-13(19(17-10)11-5-6-25(21,22)9-11)16-14(20)4-3-12-8-15(23-2)18-24-12/h7-8,11H,3-6,9H2,1-2H3,(H,16,20)/t11-/m1/s1. The molecule has 3 rings (SSSR count). The Bertz CT molecular complexity index is 870. The SMILES string of the molecule is COc1cc(CCC(=O)Nc2cc(C)nn2[C@@H]2CCS(=O)(=O)C2)on1. The van der Waals surface area contributed by atoms with Gasteiger partial charge >= 0.3 is 0 Å². The third-order valence-corrected chi connectivity index (χ3v) is 5.77. The van der Waals surface area contributed by atoms with Crippen LogP contribution in [0.4, 0.5) is 5.82 Å². The van der Waals surface area contributed by atoms with Gasteiger partial charge in [-0.2, -0.15) is 5.10 Å². The number of rotatable bonds is 6. The van der Waals surface area contributed by atoms with Crippen molar-refractivity contribution in [3.8, 4) is 5.88 Å². The zero-order chi connectivity index (χ0) is 18.0. The van der Waals surface area contributed by atoms with Crippen molar-refractivity contribution in [1.82, 2.24) is 14.9 Å². The fraction of sp³-hybridized carbons (Fsp3) is 0.533. The minimum atomic E-state index is -3.03. The highest BCUT2D eigenvalue weighted by Crippen LogP contribution is 2.27. The molecule has 0 radical (unpaired) electrons. The topological polar surface area (TPSA) is 116 Å². The molecule has 0 bridgehead atoms. The van der Waals surface area contributed by atoms with Crippen molar-refractivity contribution in [2.24, 2.45) is 0 Å². The number of nitrogens with zero attached hydrogens (tertiary/aromatic N) is 3. The maximum absolute atomic E-state index is 12.2. The number of amides is 1. The summed E-state index contributed by atoms with van der Waals surface area (Å²) >= 11 is 0. The number of hydrogen-bond acceptors (Lipinski definition) is 7. The highest BCUT2D eigenvalue weighted by atomic mass is 32.2. The molecule has 10 heteroatoms. The minimum Gasteiger partial charge on any atom is -0.479 e. The van der Waals surface area contributed by atoms with Crippen LogP contribution in [-0.2, 0) is 21.1 Å². The first kappa shape index (κ1) is 17.5. The van der Waals surface area contributed by atoms with Crippen LogP contribution in [0, 0.1) is 6.92 Å². The maximum atomic E-state index is 12.2. The summed E-state index contributed by atoms with van der Waals surface area (Å²) in [5.41, 5.74) is 0.722. The Kier molecular flexibility index (Phi) is 4.80. The summed E-state index contributed by atoms with van der Waals surface area (Å²) in [4.78, 5) is 12.2. The molecule has 1 aliphatic heterocycles. The van der Waals surface area contributed by atoms with Gasteiger partial charge < -0.3 is 14.6 Å². The average Bonchev–Trinajstić information content (AvgIpc) is 3.24. The molecule has 1 amide bonds. The lowest BCUT2D eigenvalue weighted by molar-refractivity contribution is -0.116. The van der Waals surface area contributed by atoms with E-state index >= 15 is 0 Å². The monoisotopic (exact) mass is 368 g/mol. The van der Waals surface area contributed by atoms with E-state index in [1.807, 2.05) is 0 Å². The van der Waals surface area contributed by atoms with Crippen molar-refractivity contribution < 1.29 is 22.5 Å². The fourth-order valence-electron chi connectivity index (χ4n) is 2.81. The smallest absolute Gasteiger partial charge is 0.254 e. The van der Waals surface area contributed by atoms with Gasteiger partial charge in [0, 0.05) is 25.0 Å². The van der Waals surface area contributed by atoms with Gasteiger partial charge in [0.25, 0.3) is 5.88 Å². The van der Waals surface area contributed by atoms with E-state index in [0.29, 0.717) is 30.3 Å². The zero-order valence-electron chi connectivity index (χ0n) is 14.1. The van der Waals surface area contributed by atoms with Gasteiger partial charge in [0.15, 0.2) is 9.84 Å². The van der Waals surface area contributed by atoms with E-state index in [9.17, 15) is 13.2 Å². The number of anilines is 1. The van der Waals surface area contributed by atoms with E-state index < -0.39 is 9.84 Å². The molecule has 25 heavy (non-hydrogen) atoms. The Morgan fingerprint density at radius 3 is 2.92 bits per heavy atom. The van der Waals surface area contributed by atoms with Gasteiger partial charge in [0.05, 0.1) is 30.4 Å². The Morgan fingerprint density at radius 2 is 2.28 bits per heavy atom. The molecule has 1 saturated heterocycles. The second-order valence-corrected chi connectivity index (χ2v) is 8.28. The molecule has 0 saturated carbocycles. The summed E-state index contributed by atoms with van der Waals surface area (Å²) in [7, 11) is -1.54. The largest absolute Gasteiger partial charge is 0.479 e. The maximum Gasteiger partial charge on any atom is 0.254 e. The first-order chi connectivity index (χ1) is 11.9. The lowest BCUT2D eigenvalue weighted by Gasteiger charge is -2.13. The van der Waals surface area contributed by atoms with Crippen LogP contribution in [0.2, 0.25) is 0 Å². The molecule has 0 aromatic carbocycles. The summed E-state index contributed by atoms with van der Waals surface area (Å²) < 4.78 is 35.0. The number of methoxy groups -OCH3 is 1. The molecule has 3 heterocycles. The molecule has 2 aromatic heterocycles. The minimum absolute atomic E-state index is 0.0504. The van der Waals surface area contributed by atoms with Crippen molar-refractivity contribution in [1.29, 1.82) is 0 Å². The van der Waals surface area contributed by atoms with E-state index in [4.69, 9.17) is 9.26 Å². The number of ether oxygens (including phenoxy) is 1. The van der Waals surface area contributed by atoms with Crippen molar-refractivity contribution >= 4 is 21.6 Å². The number of hydrogen-bond donors (Lipinski definition) is 1. The van der Waals surface area contributed by atoms with Gasteiger partial charge in [-0.25, -0.2) is 13.1 Å². The Labute approximate surface area is 145 Å². The van der Waals surface area contributed by atoms with E-state index in [1.54, 1.807) is 23.7 Å². The van der Waals surface area contributed by atoms with Crippen molar-refractivity contribution in [2.45, 2.75) is 32.2 Å². The molecule has 2 aromatic rings. The summed E-state index contributed by atoms with van der Waals surface area (Å²) in [6.07, 6.45) is 1.09. The molecule has 1 aliphatic rings. The van der Waals surface area contributed by atoms with Gasteiger partial charge in [0.1, 0.15) is 11.6 Å². The number of sulfone groups is 1. The van der Waals surface area contributed by atoms with Crippen molar-refractivity contribution in [2.75, 3.05) is 23.9 Å². The summed E-state index contributed by atoms with van der Waals surface area (Å²) in [6, 6.07) is 3.12. The lowest BCUT2D eigenvalue weighted by atomic mass is 10.2. The molecular weight excluding hydrogens is 348 g/mol. The molecule has 0 spiro atoms. The number of aryl methyl sites for hydroxylation is 2. The molecule has 0 unspecified atom stereocenters. The summed E-state index contributed by atoms with van der Waals surface area (Å²) in [6.45, 7) is 1.80. The van der Waals surface area contributed by atoms with Crippen LogP contribution in [0.5, 0.6) is 5.88 Å². The molecule has 1 atom stereocenters. The Hall–Kier alpha value is -2.36. The Morgan fingerprint density at radius 1 is 1.48 bits per heavy atom. The molecule has 1 N–H and O–H groups in total. The average molecular weight is 368 g/mol. The van der Waals surface area contributed by atoms with Crippen LogP contribution in [0.25, 0.3) is 0 Å². The zero-order valence-corrected chi connectivity index (χ0v) is 14.9. The molecule has 136 valence electrons. The number of carbonyl (C=O) groups excluding carboxylic acids is 1. The highest BCUT2D eigenvalue weighted by Gasteiger charge is 2.31. The van der Waals surface area contributed by atoms with Crippen LogP contribution >= 0.6 is 0 Å². The van der Waals surface area contributed by atoms with Gasteiger partial charge in [0.2, 0.25) is 5.91 Å². The van der Waals surface area contributed by atoms with Gasteiger partial charge in [-0.1, -0.05) is 0 Å². The second kappa shape index (κ2) is 6.87. The third kappa shape index (κ3) is 4.19. The summed E-state index contributed by atoms with van der Waals surface area (Å²) in [5, 5.41) is 10.8. The van der Waals surface area contributed by atoms with Crippen LogP contribution in [0.3, 0.4) is 0 Å². The molecule has 9 nitrogen and oxygen atoms in total. The third-order valence-electron chi connectivity index (χ3n) is 4.02.